The molecule has 180 valence electrons. The van der Waals surface area contributed by atoms with E-state index in [4.69, 9.17) is 0 Å². The predicted molar refractivity (Wildman–Crippen MR) is 135 cm³/mol. The lowest BCUT2D eigenvalue weighted by Gasteiger charge is -2.34. The van der Waals surface area contributed by atoms with E-state index in [0.717, 1.165) is 19.3 Å². The van der Waals surface area contributed by atoms with E-state index < -0.39 is 5.54 Å². The molecule has 3 aromatic rings. The lowest BCUT2D eigenvalue weighted by Crippen LogP contribution is -2.46. The number of amides is 2. The highest BCUT2D eigenvalue weighted by Gasteiger charge is 2.39. The zero-order valence-corrected chi connectivity index (χ0v) is 19.9. The molecule has 0 radical (unpaired) electrons. The minimum Gasteiger partial charge on any atom is -0.350 e. The quantitative estimate of drug-likeness (QED) is 0.523. The van der Waals surface area contributed by atoms with Gasteiger partial charge >= 0.3 is 0 Å². The molecular formula is C29H31N3O3. The molecule has 2 aliphatic heterocycles. The summed E-state index contributed by atoms with van der Waals surface area (Å²) in [7, 11) is 0. The van der Waals surface area contributed by atoms with Crippen LogP contribution in [0.5, 0.6) is 0 Å². The number of hydrogen-bond donors (Lipinski definition) is 1. The summed E-state index contributed by atoms with van der Waals surface area (Å²) < 4.78 is 0. The number of rotatable bonds is 7. The third-order valence-corrected chi connectivity index (χ3v) is 7.55. The predicted octanol–water partition coefficient (Wildman–Crippen LogP) is 4.33. The number of nitrogens with one attached hydrogen (secondary N) is 1. The molecule has 0 spiro atoms. The van der Waals surface area contributed by atoms with Gasteiger partial charge in [0.1, 0.15) is 0 Å². The molecule has 0 bridgehead atoms. The molecular weight excluding hydrogens is 438 g/mol. The topological polar surface area (TPSA) is 79.4 Å². The van der Waals surface area contributed by atoms with Gasteiger partial charge in [-0.1, -0.05) is 42.5 Å². The van der Waals surface area contributed by atoms with Crippen LogP contribution < -0.4 is 5.32 Å². The third kappa shape index (κ3) is 5.11. The maximum Gasteiger partial charge on any atom is 0.222 e. The third-order valence-electron chi connectivity index (χ3n) is 7.55. The minimum absolute atomic E-state index is 0.0535. The second-order valence-electron chi connectivity index (χ2n) is 9.93. The number of Topliss-reactive ketones (excluding diaryl/α,β-unsaturated/α-hetero) is 1. The number of likely N-dealkylation sites (tertiary alicyclic amines) is 1. The Morgan fingerprint density at radius 3 is 2.74 bits per heavy atom. The van der Waals surface area contributed by atoms with E-state index in [1.165, 1.54) is 16.3 Å². The number of fused-ring (bicyclic) bond motifs is 1. The van der Waals surface area contributed by atoms with Gasteiger partial charge in [-0.3, -0.25) is 19.4 Å². The van der Waals surface area contributed by atoms with Crippen molar-refractivity contribution in [3.8, 4) is 0 Å². The van der Waals surface area contributed by atoms with Gasteiger partial charge in [-0.05, 0) is 60.6 Å². The van der Waals surface area contributed by atoms with Gasteiger partial charge in [0.25, 0.3) is 0 Å². The Bertz CT molecular complexity index is 1240. The van der Waals surface area contributed by atoms with Crippen molar-refractivity contribution in [3.05, 3.63) is 78.1 Å². The van der Waals surface area contributed by atoms with Crippen LogP contribution in [0.4, 0.5) is 0 Å². The van der Waals surface area contributed by atoms with Gasteiger partial charge in [-0.2, -0.15) is 0 Å². The number of hydrogen-bond acceptors (Lipinski definition) is 4. The van der Waals surface area contributed by atoms with Crippen LogP contribution in [0.3, 0.4) is 0 Å². The van der Waals surface area contributed by atoms with Crippen molar-refractivity contribution in [2.75, 3.05) is 13.1 Å². The highest BCUT2D eigenvalue weighted by Crippen LogP contribution is 2.33. The van der Waals surface area contributed by atoms with E-state index in [0.29, 0.717) is 44.3 Å². The van der Waals surface area contributed by atoms with Crippen molar-refractivity contribution in [1.82, 2.24) is 15.2 Å². The van der Waals surface area contributed by atoms with Gasteiger partial charge < -0.3 is 10.2 Å². The first kappa shape index (κ1) is 23.2. The molecule has 3 heterocycles. The zero-order valence-electron chi connectivity index (χ0n) is 19.9. The van der Waals surface area contributed by atoms with Crippen molar-refractivity contribution >= 4 is 28.4 Å². The highest BCUT2D eigenvalue weighted by molar-refractivity contribution is 5.98. The van der Waals surface area contributed by atoms with Crippen molar-refractivity contribution in [2.24, 2.45) is 5.92 Å². The van der Waals surface area contributed by atoms with E-state index in [9.17, 15) is 14.4 Å². The number of carbonyl (C=O) groups excluding carboxylic acids is 3. The van der Waals surface area contributed by atoms with Crippen LogP contribution in [-0.4, -0.2) is 46.1 Å². The summed E-state index contributed by atoms with van der Waals surface area (Å²) in [6.45, 7) is 1.13. The molecule has 2 saturated heterocycles. The summed E-state index contributed by atoms with van der Waals surface area (Å²) in [4.78, 5) is 44.3. The standard InChI is InChI=1S/C29H31N3O3/c33-26-12-14-29(31-26,18-22-8-3-7-21-6-1-2-11-25(21)22)15-13-27(34)32-17-5-10-24(20-32)28(35)23-9-4-16-30-19-23/h1-4,6-9,11,16,19,24H,5,10,12-15,17-18,20H2,(H,31,33)/t24-,29+/m0/s1. The normalized spacial score (nSPS) is 22.2. The Balaban J connectivity index is 1.27. The van der Waals surface area contributed by atoms with Crippen molar-refractivity contribution < 1.29 is 14.4 Å². The number of piperidine rings is 1. The Morgan fingerprint density at radius 1 is 1.09 bits per heavy atom. The van der Waals surface area contributed by atoms with Gasteiger partial charge in [0.2, 0.25) is 11.8 Å². The van der Waals surface area contributed by atoms with E-state index >= 15 is 0 Å². The van der Waals surface area contributed by atoms with E-state index in [-0.39, 0.29) is 23.5 Å². The van der Waals surface area contributed by atoms with Crippen LogP contribution in [-0.2, 0) is 16.0 Å². The molecule has 2 atom stereocenters. The van der Waals surface area contributed by atoms with Crippen LogP contribution in [0.1, 0.15) is 54.4 Å². The zero-order chi connectivity index (χ0) is 24.3. The highest BCUT2D eigenvalue weighted by atomic mass is 16.2. The first-order chi connectivity index (χ1) is 17.0. The maximum atomic E-state index is 13.2. The van der Waals surface area contributed by atoms with E-state index in [2.05, 4.69) is 40.6 Å². The number of nitrogens with zero attached hydrogens (tertiary/aromatic N) is 2. The largest absolute Gasteiger partial charge is 0.350 e. The molecule has 2 fully saturated rings. The molecule has 6 nitrogen and oxygen atoms in total. The molecule has 2 amide bonds. The van der Waals surface area contributed by atoms with Gasteiger partial charge in [0.05, 0.1) is 0 Å². The van der Waals surface area contributed by atoms with Gasteiger partial charge in [0, 0.05) is 55.3 Å². The van der Waals surface area contributed by atoms with Crippen LogP contribution >= 0.6 is 0 Å². The molecule has 0 aliphatic carbocycles. The molecule has 1 aromatic heterocycles. The summed E-state index contributed by atoms with van der Waals surface area (Å²) in [6, 6.07) is 18.1. The second kappa shape index (κ2) is 9.98. The molecule has 6 heteroatoms. The first-order valence-electron chi connectivity index (χ1n) is 12.5. The SMILES string of the molecule is O=C1CC[C@@](CCC(=O)N2CCC[C@H](C(=O)c3cccnc3)C2)(Cc2cccc3ccccc23)N1. The molecule has 2 aromatic carbocycles. The maximum absolute atomic E-state index is 13.2. The molecule has 0 saturated carbocycles. The van der Waals surface area contributed by atoms with Crippen molar-refractivity contribution in [2.45, 2.75) is 50.5 Å². The fourth-order valence-corrected chi connectivity index (χ4v) is 5.66. The lowest BCUT2D eigenvalue weighted by molar-refractivity contribution is -0.133. The van der Waals surface area contributed by atoms with Crippen LogP contribution in [0.2, 0.25) is 0 Å². The average Bonchev–Trinajstić information content (AvgIpc) is 3.28. The van der Waals surface area contributed by atoms with Gasteiger partial charge in [0.15, 0.2) is 5.78 Å². The van der Waals surface area contributed by atoms with Gasteiger partial charge in [-0.25, -0.2) is 0 Å². The first-order valence-corrected chi connectivity index (χ1v) is 12.5. The van der Waals surface area contributed by atoms with Crippen molar-refractivity contribution in [1.29, 1.82) is 0 Å². The Labute approximate surface area is 205 Å². The second-order valence-corrected chi connectivity index (χ2v) is 9.93. The summed E-state index contributed by atoms with van der Waals surface area (Å²) in [6.07, 6.45) is 7.74. The molecule has 0 unspecified atom stereocenters. The monoisotopic (exact) mass is 469 g/mol. The van der Waals surface area contributed by atoms with Crippen LogP contribution in [0.25, 0.3) is 10.8 Å². The van der Waals surface area contributed by atoms with E-state index in [1.54, 1.807) is 24.5 Å². The molecule has 1 N–H and O–H groups in total. The smallest absolute Gasteiger partial charge is 0.222 e. The summed E-state index contributed by atoms with van der Waals surface area (Å²) in [5, 5.41) is 5.58. The molecule has 5 rings (SSSR count). The number of pyridine rings is 1. The van der Waals surface area contributed by atoms with Crippen LogP contribution in [0.15, 0.2) is 67.0 Å². The average molecular weight is 470 g/mol. The Kier molecular flexibility index (Phi) is 6.62. The summed E-state index contributed by atoms with van der Waals surface area (Å²) in [5.74, 6) is -0.0104. The summed E-state index contributed by atoms with van der Waals surface area (Å²) in [5.41, 5.74) is 1.38. The van der Waals surface area contributed by atoms with E-state index in [1.807, 2.05) is 17.0 Å². The number of aromatic nitrogens is 1. The lowest BCUT2D eigenvalue weighted by atomic mass is 9.83. The Hall–Kier alpha value is -3.54. The fourth-order valence-electron chi connectivity index (χ4n) is 5.66. The van der Waals surface area contributed by atoms with Gasteiger partial charge in [-0.15, -0.1) is 0 Å². The molecule has 35 heavy (non-hydrogen) atoms. The fraction of sp³-hybridized carbons (Fsp3) is 0.379. The number of ketones is 1. The Morgan fingerprint density at radius 2 is 1.94 bits per heavy atom. The number of benzene rings is 2. The molecule has 2 aliphatic rings. The minimum atomic E-state index is -0.419. The van der Waals surface area contributed by atoms with Crippen molar-refractivity contribution in [3.63, 3.8) is 0 Å². The van der Waals surface area contributed by atoms with Crippen LogP contribution in [0, 0.1) is 5.92 Å². The summed E-state index contributed by atoms with van der Waals surface area (Å²) >= 11 is 0. The number of carbonyl (C=O) groups is 3.